The van der Waals surface area contributed by atoms with Crippen LogP contribution in [0.5, 0.6) is 0 Å². The quantitative estimate of drug-likeness (QED) is 0.321. The van der Waals surface area contributed by atoms with Gasteiger partial charge in [0, 0.05) is 43.5 Å². The van der Waals surface area contributed by atoms with Crippen LogP contribution in [-0.2, 0) is 0 Å². The second-order valence-electron chi connectivity index (χ2n) is 5.94. The Balaban J connectivity index is 0.00000243. The Morgan fingerprint density at radius 2 is 1.77 bits per heavy atom. The molecule has 0 radical (unpaired) electrons. The number of Topliss-reactive ketones (excluding diaryl/α,β-unsaturated/α-hetero) is 1. The van der Waals surface area contributed by atoms with E-state index < -0.39 is 11.2 Å². The summed E-state index contributed by atoms with van der Waals surface area (Å²) in [6, 6.07) is 9.34. The number of hydrogen-bond donors (Lipinski definition) is 1. The molecule has 2 aromatic rings. The fraction of sp³-hybridized carbons (Fsp3) is 0.316. The number of nitrogens with one attached hydrogen (secondary N) is 1. The van der Waals surface area contributed by atoms with E-state index in [2.05, 4.69) is 33.5 Å². The zero-order valence-corrected chi connectivity index (χ0v) is 21.5. The summed E-state index contributed by atoms with van der Waals surface area (Å²) in [6.45, 7) is 2.17. The average molecular weight is 606 g/mol. The molecule has 6 nitrogen and oxygen atoms in total. The number of nitrogens with zero attached hydrogens (tertiary/aromatic N) is 3. The van der Waals surface area contributed by atoms with E-state index >= 15 is 0 Å². The Labute approximate surface area is 146 Å². The van der Waals surface area contributed by atoms with E-state index in [9.17, 15) is 9.59 Å². The molecular weight excluding hydrogens is 585 g/mol. The van der Waals surface area contributed by atoms with Crippen LogP contribution >= 0.6 is 0 Å². The number of benzene rings is 1. The number of aromatic nitrogens is 2. The molecule has 1 saturated heterocycles. The molecule has 0 unspecified atom stereocenters. The van der Waals surface area contributed by atoms with Gasteiger partial charge in [0.1, 0.15) is 5.43 Å². The standard InChI is InChI=1S/C19H21N4O2.Hs/c1-20-11-9-17(24)19-18(25)10-14-23(21-19)16-7-5-15(6-8-16)22-12-3-2-4-13-22;/h5-8,10-11,14,20H,2-4,12-13H2,1H3;/q-1;. The molecule has 0 saturated carbocycles. The minimum atomic E-state index is -0.543. The van der Waals surface area contributed by atoms with Crippen molar-refractivity contribution in [3.8, 4) is 5.69 Å². The van der Waals surface area contributed by atoms with E-state index in [1.54, 1.807) is 13.2 Å². The van der Waals surface area contributed by atoms with E-state index in [0.29, 0.717) is 0 Å². The topological polar surface area (TPSA) is 67.2 Å². The van der Waals surface area contributed by atoms with Gasteiger partial charge in [-0.2, -0.15) is 6.08 Å². The average Bonchev–Trinajstić information content (AvgIpc) is 2.67. The first kappa shape index (κ1) is 18.4. The van der Waals surface area contributed by atoms with Crippen LogP contribution in [0.1, 0.15) is 29.8 Å². The third-order valence-corrected chi connectivity index (χ3v) is 4.21. The Morgan fingerprint density at radius 1 is 1.12 bits per heavy atom. The molecule has 1 aliphatic heterocycles. The van der Waals surface area contributed by atoms with Crippen LogP contribution in [-0.4, -0.2) is 35.7 Å². The van der Waals surface area contributed by atoms with Gasteiger partial charge in [-0.25, -0.2) is 0 Å². The van der Waals surface area contributed by atoms with Crippen molar-refractivity contribution < 1.29 is 4.79 Å². The summed E-state index contributed by atoms with van der Waals surface area (Å²) in [7, 11) is 1.65. The van der Waals surface area contributed by atoms with Crippen LogP contribution in [0.3, 0.4) is 0 Å². The monoisotopic (exact) mass is 606 g/mol. The number of hydrogen-bond acceptors (Lipinski definition) is 5. The number of piperidine rings is 1. The predicted octanol–water partition coefficient (Wildman–Crippen LogP) is 1.94. The minimum absolute atomic E-state index is 0. The van der Waals surface area contributed by atoms with E-state index in [4.69, 9.17) is 0 Å². The summed E-state index contributed by atoms with van der Waals surface area (Å²) in [6.07, 6.45) is 9.14. The molecule has 7 heteroatoms. The largest absolute Gasteiger partial charge is 0.411 e. The van der Waals surface area contributed by atoms with Crippen molar-refractivity contribution in [2.75, 3.05) is 25.0 Å². The van der Waals surface area contributed by atoms with Crippen LogP contribution in [0.4, 0.5) is 5.69 Å². The Bertz CT molecular complexity index is 824. The van der Waals surface area contributed by atoms with Crippen LogP contribution in [0.2, 0.25) is 0 Å². The van der Waals surface area contributed by atoms with Gasteiger partial charge in [-0.1, -0.05) is 6.20 Å². The van der Waals surface area contributed by atoms with Gasteiger partial charge in [0.15, 0.2) is 0 Å². The summed E-state index contributed by atoms with van der Waals surface area (Å²) in [5.74, 6) is -0.543. The van der Waals surface area contributed by atoms with E-state index in [1.165, 1.54) is 41.9 Å². The maximum absolute atomic E-state index is 12.0. The summed E-state index contributed by atoms with van der Waals surface area (Å²) in [4.78, 5) is 26.3. The molecule has 1 aromatic carbocycles. The third kappa shape index (κ3) is 3.95. The first-order valence-corrected chi connectivity index (χ1v) is 8.44. The Hall–Kier alpha value is -3.89. The molecule has 1 fully saturated rings. The molecule has 0 amide bonds. The fourth-order valence-electron chi connectivity index (χ4n) is 2.88. The van der Waals surface area contributed by atoms with Crippen molar-refractivity contribution in [1.82, 2.24) is 15.1 Å². The summed E-state index contributed by atoms with van der Waals surface area (Å²) in [5, 5.41) is 6.84. The maximum atomic E-state index is 12.0. The van der Waals surface area contributed by atoms with Crippen molar-refractivity contribution in [3.05, 3.63) is 64.7 Å². The minimum Gasteiger partial charge on any atom is -0.411 e. The van der Waals surface area contributed by atoms with Gasteiger partial charge in [0.05, 0.1) is 5.69 Å². The molecule has 1 aromatic heterocycles. The van der Waals surface area contributed by atoms with Crippen molar-refractivity contribution in [1.29, 1.82) is 0 Å². The summed E-state index contributed by atoms with van der Waals surface area (Å²) < 4.78 is 1.54. The van der Waals surface area contributed by atoms with Crippen molar-refractivity contribution in [2.24, 2.45) is 0 Å². The second kappa shape index (κ2) is 8.28. The number of ketones is 1. The van der Waals surface area contributed by atoms with Gasteiger partial charge in [0.2, 0.25) is 0 Å². The van der Waals surface area contributed by atoms with Crippen LogP contribution in [0, 0.1) is 6.08 Å². The molecule has 0 spiro atoms. The molecule has 2 heterocycles. The van der Waals surface area contributed by atoms with Gasteiger partial charge in [0.25, 0.3) is 0 Å². The molecule has 3 rings (SSSR count). The second-order valence-corrected chi connectivity index (χ2v) is 5.94. The Morgan fingerprint density at radius 3 is 2.42 bits per heavy atom. The zero-order valence-electron chi connectivity index (χ0n) is 14.9. The van der Waals surface area contributed by atoms with E-state index in [1.807, 2.05) is 12.1 Å². The number of rotatable bonds is 5. The molecule has 1 aliphatic rings. The van der Waals surface area contributed by atoms with Gasteiger partial charge >= 0.3 is 0 Å². The van der Waals surface area contributed by atoms with E-state index in [-0.39, 0.29) is 5.69 Å². The first-order chi connectivity index (χ1) is 12.2. The number of allylic oxidation sites excluding steroid dienone is 1. The zero-order chi connectivity index (χ0) is 17.6. The smallest absolute Gasteiger partial charge is 0.130 e. The van der Waals surface area contributed by atoms with Crippen molar-refractivity contribution in [3.63, 3.8) is 0 Å². The molecular formula is C19H21HsN4O2-. The molecule has 0 aliphatic carbocycles. The molecule has 132 valence electrons. The SMILES string of the molecule is CNC=[C-]C(=O)c1nn(-c2ccc(N3CCCCC3)cc2)ccc1=O.[Hs]. The van der Waals surface area contributed by atoms with Gasteiger partial charge in [-0.3, -0.25) is 9.78 Å². The number of carbonyl (C=O) groups excluding carboxylic acids is 1. The maximum Gasteiger partial charge on any atom is 0.130 e. The summed E-state index contributed by atoms with van der Waals surface area (Å²) >= 11 is 0. The van der Waals surface area contributed by atoms with Gasteiger partial charge < -0.3 is 19.8 Å². The van der Waals surface area contributed by atoms with E-state index in [0.717, 1.165) is 18.8 Å². The molecule has 0 atom stereocenters. The number of carbonyl (C=O) groups is 1. The normalized spacial score (nSPS) is 14.1. The van der Waals surface area contributed by atoms with Gasteiger partial charge in [-0.05, 0) is 49.6 Å². The molecule has 1 N–H and O–H groups in total. The van der Waals surface area contributed by atoms with Gasteiger partial charge in [-0.15, -0.1) is 0 Å². The Kier molecular flexibility index (Phi) is 5.88. The van der Waals surface area contributed by atoms with Crippen LogP contribution < -0.4 is 15.6 Å². The third-order valence-electron chi connectivity index (χ3n) is 4.21. The van der Waals surface area contributed by atoms with Crippen molar-refractivity contribution >= 4 is 11.5 Å². The molecule has 0 bridgehead atoms. The fourth-order valence-corrected chi connectivity index (χ4v) is 2.88. The predicted molar refractivity (Wildman–Crippen MR) is 97.1 cm³/mol. The van der Waals surface area contributed by atoms with Crippen molar-refractivity contribution in [2.45, 2.75) is 19.3 Å². The first-order valence-electron chi connectivity index (χ1n) is 8.44. The van der Waals surface area contributed by atoms with Crippen LogP contribution in [0.25, 0.3) is 5.69 Å². The van der Waals surface area contributed by atoms with Crippen LogP contribution in [0.15, 0.2) is 47.5 Å². The summed E-state index contributed by atoms with van der Waals surface area (Å²) in [5.41, 5.74) is 1.43. The molecule has 26 heavy (non-hydrogen) atoms. The number of anilines is 1.